The largest absolute Gasteiger partial charge is 0.299 e. The fourth-order valence-electron chi connectivity index (χ4n) is 2.08. The fourth-order valence-corrected chi connectivity index (χ4v) is 2.08. The molecule has 1 aromatic rings. The maximum absolute atomic E-state index is 2.54. The number of hydrogen-bond donors (Lipinski definition) is 0. The van der Waals surface area contributed by atoms with Crippen molar-refractivity contribution < 1.29 is 0 Å². The molecule has 0 N–H and O–H groups in total. The lowest BCUT2D eigenvalue weighted by atomic mass is 10.1. The van der Waals surface area contributed by atoms with Gasteiger partial charge in [0, 0.05) is 6.54 Å². The van der Waals surface area contributed by atoms with Gasteiger partial charge in [-0.15, -0.1) is 0 Å². The average molecular weight is 189 g/mol. The van der Waals surface area contributed by atoms with Crippen molar-refractivity contribution in [3.05, 3.63) is 35.4 Å². The Hall–Kier alpha value is -0.820. The molecule has 0 amide bonds. The van der Waals surface area contributed by atoms with Crippen LogP contribution in [-0.2, 0) is 13.0 Å². The van der Waals surface area contributed by atoms with E-state index in [0.717, 1.165) is 13.0 Å². The molecule has 1 heteroatoms. The molecule has 0 atom stereocenters. The van der Waals surface area contributed by atoms with Gasteiger partial charge in [0.15, 0.2) is 0 Å². The summed E-state index contributed by atoms with van der Waals surface area (Å²) < 4.78 is 0. The van der Waals surface area contributed by atoms with Gasteiger partial charge in [0.1, 0.15) is 0 Å². The van der Waals surface area contributed by atoms with Crippen molar-refractivity contribution in [3.63, 3.8) is 0 Å². The Morgan fingerprint density at radius 1 is 1.00 bits per heavy atom. The molecule has 1 saturated heterocycles. The Labute approximate surface area is 86.7 Å². The van der Waals surface area contributed by atoms with Crippen LogP contribution >= 0.6 is 0 Å². The van der Waals surface area contributed by atoms with E-state index < -0.39 is 0 Å². The van der Waals surface area contributed by atoms with Crippen LogP contribution in [0.25, 0.3) is 0 Å². The van der Waals surface area contributed by atoms with E-state index in [0.29, 0.717) is 0 Å². The zero-order valence-corrected chi connectivity index (χ0v) is 9.00. The molecule has 1 aliphatic rings. The molecule has 0 spiro atoms. The summed E-state index contributed by atoms with van der Waals surface area (Å²) in [5.41, 5.74) is 2.90. The van der Waals surface area contributed by atoms with Gasteiger partial charge in [0.25, 0.3) is 0 Å². The zero-order chi connectivity index (χ0) is 9.80. The van der Waals surface area contributed by atoms with Crippen LogP contribution in [0, 0.1) is 0 Å². The van der Waals surface area contributed by atoms with Crippen molar-refractivity contribution in [1.29, 1.82) is 0 Å². The van der Waals surface area contributed by atoms with Crippen LogP contribution in [-0.4, -0.2) is 18.0 Å². The summed E-state index contributed by atoms with van der Waals surface area (Å²) in [5, 5.41) is 0. The van der Waals surface area contributed by atoms with Gasteiger partial charge in [-0.1, -0.05) is 31.2 Å². The molecule has 2 rings (SSSR count). The predicted octanol–water partition coefficient (Wildman–Crippen LogP) is 2.84. The molecule has 1 heterocycles. The summed E-state index contributed by atoms with van der Waals surface area (Å²) in [6.07, 6.45) is 3.91. The molecule has 76 valence electrons. The number of nitrogens with zero attached hydrogens (tertiary/aromatic N) is 1. The molecular weight excluding hydrogens is 170 g/mol. The highest BCUT2D eigenvalue weighted by atomic mass is 15.1. The van der Waals surface area contributed by atoms with Crippen molar-refractivity contribution in [2.45, 2.75) is 32.7 Å². The van der Waals surface area contributed by atoms with Crippen molar-refractivity contribution in [3.8, 4) is 0 Å². The molecule has 0 aliphatic carbocycles. The van der Waals surface area contributed by atoms with E-state index in [2.05, 4.69) is 36.1 Å². The summed E-state index contributed by atoms with van der Waals surface area (Å²) in [4.78, 5) is 2.54. The van der Waals surface area contributed by atoms with Gasteiger partial charge in [0.2, 0.25) is 0 Å². The first-order chi connectivity index (χ1) is 6.88. The second-order valence-corrected chi connectivity index (χ2v) is 4.15. The van der Waals surface area contributed by atoms with Crippen LogP contribution < -0.4 is 0 Å². The molecule has 0 aromatic heterocycles. The van der Waals surface area contributed by atoms with Gasteiger partial charge in [0.05, 0.1) is 0 Å². The van der Waals surface area contributed by atoms with Gasteiger partial charge in [-0.25, -0.2) is 0 Å². The van der Waals surface area contributed by atoms with E-state index in [9.17, 15) is 0 Å². The SMILES string of the molecule is CCc1ccc(CN2CCCC2)cc1. The number of likely N-dealkylation sites (tertiary alicyclic amines) is 1. The third kappa shape index (κ3) is 2.36. The Morgan fingerprint density at radius 2 is 1.57 bits per heavy atom. The highest BCUT2D eigenvalue weighted by Gasteiger charge is 2.11. The number of aryl methyl sites for hydroxylation is 1. The van der Waals surface area contributed by atoms with Crippen molar-refractivity contribution in [2.75, 3.05) is 13.1 Å². The minimum absolute atomic E-state index is 1.14. The monoisotopic (exact) mass is 189 g/mol. The lowest BCUT2D eigenvalue weighted by Crippen LogP contribution is -2.18. The maximum Gasteiger partial charge on any atom is 0.0233 e. The highest BCUT2D eigenvalue weighted by Crippen LogP contribution is 2.13. The van der Waals surface area contributed by atoms with Crippen LogP contribution in [0.1, 0.15) is 30.9 Å². The topological polar surface area (TPSA) is 3.24 Å². The van der Waals surface area contributed by atoms with Gasteiger partial charge in [-0.05, 0) is 43.5 Å². The van der Waals surface area contributed by atoms with Crippen LogP contribution in [0.5, 0.6) is 0 Å². The third-order valence-corrected chi connectivity index (χ3v) is 3.04. The first-order valence-corrected chi connectivity index (χ1v) is 5.68. The smallest absolute Gasteiger partial charge is 0.0233 e. The Kier molecular flexibility index (Phi) is 3.20. The molecular formula is C13H19N. The van der Waals surface area contributed by atoms with Gasteiger partial charge >= 0.3 is 0 Å². The Balaban J connectivity index is 1.95. The van der Waals surface area contributed by atoms with Crippen molar-refractivity contribution in [2.24, 2.45) is 0 Å². The quantitative estimate of drug-likeness (QED) is 0.706. The summed E-state index contributed by atoms with van der Waals surface area (Å²) >= 11 is 0. The number of benzene rings is 1. The summed E-state index contributed by atoms with van der Waals surface area (Å²) in [7, 11) is 0. The van der Waals surface area contributed by atoms with Crippen molar-refractivity contribution in [1.82, 2.24) is 4.90 Å². The van der Waals surface area contributed by atoms with Crippen LogP contribution in [0.3, 0.4) is 0 Å². The van der Waals surface area contributed by atoms with E-state index in [4.69, 9.17) is 0 Å². The van der Waals surface area contributed by atoms with Gasteiger partial charge in [-0.2, -0.15) is 0 Å². The minimum atomic E-state index is 1.14. The Morgan fingerprint density at radius 3 is 2.14 bits per heavy atom. The third-order valence-electron chi connectivity index (χ3n) is 3.04. The molecule has 1 fully saturated rings. The summed E-state index contributed by atoms with van der Waals surface area (Å²) in [6, 6.07) is 9.06. The first kappa shape index (κ1) is 9.72. The average Bonchev–Trinajstić information content (AvgIpc) is 2.72. The molecule has 1 aliphatic heterocycles. The standard InChI is InChI=1S/C13H19N/c1-2-12-5-7-13(8-6-12)11-14-9-3-4-10-14/h5-8H,2-4,9-11H2,1H3. The highest BCUT2D eigenvalue weighted by molar-refractivity contribution is 5.22. The second-order valence-electron chi connectivity index (χ2n) is 4.15. The molecule has 0 unspecified atom stereocenters. The molecule has 0 bridgehead atoms. The minimum Gasteiger partial charge on any atom is -0.299 e. The van der Waals surface area contributed by atoms with Crippen molar-refractivity contribution >= 4 is 0 Å². The van der Waals surface area contributed by atoms with E-state index in [1.807, 2.05) is 0 Å². The van der Waals surface area contributed by atoms with E-state index in [-0.39, 0.29) is 0 Å². The predicted molar refractivity (Wildman–Crippen MR) is 60.3 cm³/mol. The molecule has 14 heavy (non-hydrogen) atoms. The lowest BCUT2D eigenvalue weighted by Gasteiger charge is -2.14. The first-order valence-electron chi connectivity index (χ1n) is 5.68. The molecule has 0 radical (unpaired) electrons. The van der Waals surface area contributed by atoms with Crippen LogP contribution in [0.2, 0.25) is 0 Å². The summed E-state index contributed by atoms with van der Waals surface area (Å²) in [5.74, 6) is 0. The molecule has 0 saturated carbocycles. The molecule has 1 aromatic carbocycles. The van der Waals surface area contributed by atoms with E-state index in [1.165, 1.54) is 37.1 Å². The number of rotatable bonds is 3. The van der Waals surface area contributed by atoms with Crippen LogP contribution in [0.4, 0.5) is 0 Å². The Bertz CT molecular complexity index is 270. The lowest BCUT2D eigenvalue weighted by molar-refractivity contribution is 0.331. The molecule has 1 nitrogen and oxygen atoms in total. The van der Waals surface area contributed by atoms with E-state index in [1.54, 1.807) is 0 Å². The second kappa shape index (κ2) is 4.61. The fraction of sp³-hybridized carbons (Fsp3) is 0.538. The number of hydrogen-bond acceptors (Lipinski definition) is 1. The van der Waals surface area contributed by atoms with Gasteiger partial charge < -0.3 is 0 Å². The summed E-state index contributed by atoms with van der Waals surface area (Å²) in [6.45, 7) is 5.92. The van der Waals surface area contributed by atoms with E-state index >= 15 is 0 Å². The van der Waals surface area contributed by atoms with Gasteiger partial charge in [-0.3, -0.25) is 4.90 Å². The normalized spacial score (nSPS) is 17.5. The van der Waals surface area contributed by atoms with Crippen LogP contribution in [0.15, 0.2) is 24.3 Å². The zero-order valence-electron chi connectivity index (χ0n) is 9.00. The maximum atomic E-state index is 2.54.